The quantitative estimate of drug-likeness (QED) is 0.777. The summed E-state index contributed by atoms with van der Waals surface area (Å²) in [4.78, 5) is 31.0. The van der Waals surface area contributed by atoms with Crippen LogP contribution >= 0.6 is 0 Å². The van der Waals surface area contributed by atoms with Crippen LogP contribution in [0.15, 0.2) is 54.9 Å². The van der Waals surface area contributed by atoms with Crippen molar-refractivity contribution in [2.45, 2.75) is 44.1 Å². The largest absolute Gasteiger partial charge is 0.375 e. The number of aromatic nitrogens is 1. The molecule has 1 aromatic heterocycles. The summed E-state index contributed by atoms with van der Waals surface area (Å²) in [5.41, 5.74) is 1.64. The molecule has 1 unspecified atom stereocenters. The molecule has 0 saturated carbocycles. The van der Waals surface area contributed by atoms with Crippen LogP contribution in [-0.2, 0) is 16.0 Å². The summed E-state index contributed by atoms with van der Waals surface area (Å²) < 4.78 is 6.22. The van der Waals surface area contributed by atoms with Crippen molar-refractivity contribution in [3.63, 3.8) is 0 Å². The summed E-state index contributed by atoms with van der Waals surface area (Å²) >= 11 is 0. The molecule has 2 amide bonds. The van der Waals surface area contributed by atoms with E-state index in [0.717, 1.165) is 51.8 Å². The monoisotopic (exact) mass is 421 g/mol. The molecule has 1 atom stereocenters. The molecule has 6 nitrogen and oxygen atoms in total. The third-order valence-corrected chi connectivity index (χ3v) is 6.57. The Hall–Kier alpha value is -2.73. The summed E-state index contributed by atoms with van der Waals surface area (Å²) in [7, 11) is 0. The number of hydrogen-bond donors (Lipinski definition) is 1. The fourth-order valence-corrected chi connectivity index (χ4v) is 4.71. The first-order chi connectivity index (χ1) is 15.1. The van der Waals surface area contributed by atoms with Gasteiger partial charge in [0.25, 0.3) is 5.91 Å². The molecule has 1 aromatic carbocycles. The number of hydrogen-bond acceptors (Lipinski definition) is 4. The second kappa shape index (κ2) is 10.1. The van der Waals surface area contributed by atoms with Gasteiger partial charge < -0.3 is 15.0 Å². The zero-order chi connectivity index (χ0) is 21.5. The Morgan fingerprint density at radius 3 is 2.68 bits per heavy atom. The van der Waals surface area contributed by atoms with Crippen molar-refractivity contribution in [3.8, 4) is 0 Å². The molecule has 164 valence electrons. The number of nitrogens with one attached hydrogen (secondary N) is 1. The van der Waals surface area contributed by atoms with Crippen LogP contribution in [0.1, 0.15) is 48.0 Å². The number of rotatable bonds is 6. The van der Waals surface area contributed by atoms with Gasteiger partial charge in [-0.2, -0.15) is 0 Å². The van der Waals surface area contributed by atoms with E-state index in [4.69, 9.17) is 4.74 Å². The van der Waals surface area contributed by atoms with Gasteiger partial charge in [-0.1, -0.05) is 30.3 Å². The van der Waals surface area contributed by atoms with Crippen molar-refractivity contribution in [2.24, 2.45) is 5.92 Å². The molecule has 1 spiro atoms. The number of carbonyl (C=O) groups is 2. The summed E-state index contributed by atoms with van der Waals surface area (Å²) in [6.45, 7) is 2.87. The zero-order valence-electron chi connectivity index (χ0n) is 18.0. The Morgan fingerprint density at radius 1 is 1.13 bits per heavy atom. The molecule has 4 rings (SSSR count). The van der Waals surface area contributed by atoms with E-state index in [-0.39, 0.29) is 17.4 Å². The average molecular weight is 422 g/mol. The summed E-state index contributed by atoms with van der Waals surface area (Å²) in [5.74, 6) is 0.553. The Morgan fingerprint density at radius 2 is 1.94 bits per heavy atom. The maximum absolute atomic E-state index is 12.7. The Labute approximate surface area is 184 Å². The Bertz CT molecular complexity index is 864. The fourth-order valence-electron chi connectivity index (χ4n) is 4.71. The van der Waals surface area contributed by atoms with Crippen LogP contribution in [0.5, 0.6) is 0 Å². The van der Waals surface area contributed by atoms with Gasteiger partial charge in [-0.15, -0.1) is 0 Å². The number of amides is 2. The smallest absolute Gasteiger partial charge is 0.252 e. The third kappa shape index (κ3) is 5.70. The van der Waals surface area contributed by atoms with Crippen LogP contribution in [-0.4, -0.2) is 53.5 Å². The van der Waals surface area contributed by atoms with Crippen LogP contribution in [0.3, 0.4) is 0 Å². The van der Waals surface area contributed by atoms with Crippen molar-refractivity contribution in [3.05, 3.63) is 66.0 Å². The molecule has 2 aromatic rings. The molecule has 31 heavy (non-hydrogen) atoms. The second-order valence-corrected chi connectivity index (χ2v) is 8.71. The van der Waals surface area contributed by atoms with E-state index in [1.807, 2.05) is 23.1 Å². The maximum Gasteiger partial charge on any atom is 0.252 e. The first kappa shape index (κ1) is 21.5. The summed E-state index contributed by atoms with van der Waals surface area (Å²) in [6.07, 6.45) is 8.23. The van der Waals surface area contributed by atoms with Crippen molar-refractivity contribution in [1.82, 2.24) is 15.2 Å². The molecule has 2 fully saturated rings. The van der Waals surface area contributed by atoms with E-state index < -0.39 is 0 Å². The minimum Gasteiger partial charge on any atom is -0.375 e. The minimum atomic E-state index is -0.155. The van der Waals surface area contributed by atoms with E-state index in [2.05, 4.69) is 22.4 Å². The number of likely N-dealkylation sites (tertiary alicyclic amines) is 1. The highest BCUT2D eigenvalue weighted by Crippen LogP contribution is 2.37. The third-order valence-electron chi connectivity index (χ3n) is 6.57. The van der Waals surface area contributed by atoms with Gasteiger partial charge in [0.2, 0.25) is 5.91 Å². The Balaban J connectivity index is 1.23. The Kier molecular flexibility index (Phi) is 6.97. The molecule has 0 bridgehead atoms. The van der Waals surface area contributed by atoms with Gasteiger partial charge in [-0.25, -0.2) is 0 Å². The number of aryl methyl sites for hydroxylation is 1. The van der Waals surface area contributed by atoms with Gasteiger partial charge in [0.05, 0.1) is 11.2 Å². The molecule has 1 N–H and O–H groups in total. The van der Waals surface area contributed by atoms with Crippen LogP contribution in [0.25, 0.3) is 0 Å². The van der Waals surface area contributed by atoms with Crippen LogP contribution in [0.4, 0.5) is 0 Å². The lowest BCUT2D eigenvalue weighted by atomic mass is 9.79. The zero-order valence-corrected chi connectivity index (χ0v) is 18.0. The number of nitrogens with zero attached hydrogens (tertiary/aromatic N) is 2. The molecular formula is C25H31N3O3. The highest BCUT2D eigenvalue weighted by Gasteiger charge is 2.41. The number of benzene rings is 1. The molecule has 3 heterocycles. The van der Waals surface area contributed by atoms with Crippen molar-refractivity contribution in [2.75, 3.05) is 26.2 Å². The van der Waals surface area contributed by atoms with Crippen LogP contribution < -0.4 is 5.32 Å². The second-order valence-electron chi connectivity index (χ2n) is 8.71. The van der Waals surface area contributed by atoms with Gasteiger partial charge in [0.15, 0.2) is 0 Å². The van der Waals surface area contributed by atoms with Crippen LogP contribution in [0.2, 0.25) is 0 Å². The van der Waals surface area contributed by atoms with Gasteiger partial charge in [-0.05, 0) is 55.7 Å². The fraction of sp³-hybridized carbons (Fsp3) is 0.480. The van der Waals surface area contributed by atoms with Gasteiger partial charge >= 0.3 is 0 Å². The predicted molar refractivity (Wildman–Crippen MR) is 119 cm³/mol. The standard InChI is InChI=1S/C25H31N3O3/c29-23(9-8-20-5-2-1-3-6-20)28-14-11-25(12-15-28)17-21(10-16-31-25)18-27-24(30)22-7-4-13-26-19-22/h1-7,13,19,21H,8-12,14-18H2,(H,27,30). The van der Waals surface area contributed by atoms with E-state index in [0.29, 0.717) is 24.4 Å². The van der Waals surface area contributed by atoms with Crippen molar-refractivity contribution < 1.29 is 14.3 Å². The normalized spacial score (nSPS) is 20.4. The highest BCUT2D eigenvalue weighted by molar-refractivity contribution is 5.93. The van der Waals surface area contributed by atoms with E-state index >= 15 is 0 Å². The lowest BCUT2D eigenvalue weighted by Gasteiger charge is -2.46. The van der Waals surface area contributed by atoms with Gasteiger partial charge in [0.1, 0.15) is 0 Å². The van der Waals surface area contributed by atoms with Crippen LogP contribution in [0, 0.1) is 5.92 Å². The molecule has 0 radical (unpaired) electrons. The van der Waals surface area contributed by atoms with Crippen molar-refractivity contribution in [1.29, 1.82) is 0 Å². The summed E-state index contributed by atoms with van der Waals surface area (Å²) in [6, 6.07) is 13.7. The lowest BCUT2D eigenvalue weighted by molar-refractivity contribution is -0.146. The molecule has 2 aliphatic rings. The number of ether oxygens (including phenoxy) is 1. The molecular weight excluding hydrogens is 390 g/mol. The number of pyridine rings is 1. The predicted octanol–water partition coefficient (Wildman–Crippen LogP) is 3.23. The highest BCUT2D eigenvalue weighted by atomic mass is 16.5. The molecule has 2 saturated heterocycles. The first-order valence-electron chi connectivity index (χ1n) is 11.3. The van der Waals surface area contributed by atoms with Gasteiger partial charge in [0, 0.05) is 45.1 Å². The minimum absolute atomic E-state index is 0.0764. The SMILES string of the molecule is O=C(NCC1CCOC2(CCN(C(=O)CCc3ccccc3)CC2)C1)c1cccnc1. The van der Waals surface area contributed by atoms with E-state index in [9.17, 15) is 9.59 Å². The average Bonchev–Trinajstić information content (AvgIpc) is 2.83. The molecule has 2 aliphatic heterocycles. The van der Waals surface area contributed by atoms with Crippen molar-refractivity contribution >= 4 is 11.8 Å². The van der Waals surface area contributed by atoms with E-state index in [1.54, 1.807) is 24.5 Å². The number of carbonyl (C=O) groups excluding carboxylic acids is 2. The van der Waals surface area contributed by atoms with Gasteiger partial charge in [-0.3, -0.25) is 14.6 Å². The topological polar surface area (TPSA) is 71.5 Å². The maximum atomic E-state index is 12.7. The lowest BCUT2D eigenvalue weighted by Crippen LogP contribution is -2.51. The molecule has 6 heteroatoms. The molecule has 0 aliphatic carbocycles. The number of piperidine rings is 1. The first-order valence-corrected chi connectivity index (χ1v) is 11.3. The summed E-state index contributed by atoms with van der Waals surface area (Å²) in [5, 5.41) is 3.05. The van der Waals surface area contributed by atoms with E-state index in [1.165, 1.54) is 5.56 Å².